The first-order valence-electron chi connectivity index (χ1n) is 3.61. The fourth-order valence-electron chi connectivity index (χ4n) is 0.851. The van der Waals surface area contributed by atoms with Crippen LogP contribution < -0.4 is 11.5 Å². The van der Waals surface area contributed by atoms with E-state index in [4.69, 9.17) is 16.9 Å². The van der Waals surface area contributed by atoms with Crippen LogP contribution in [0.4, 0.5) is 0 Å². The minimum Gasteiger partial charge on any atom is -0.405 e. The van der Waals surface area contributed by atoms with Crippen molar-refractivity contribution in [3.63, 3.8) is 0 Å². The largest absolute Gasteiger partial charge is 0.405 e. The van der Waals surface area contributed by atoms with E-state index >= 15 is 0 Å². The van der Waals surface area contributed by atoms with Crippen LogP contribution in [0, 0.1) is 5.41 Å². The molecule has 0 aromatic heterocycles. The van der Waals surface area contributed by atoms with Crippen LogP contribution >= 0.6 is 0 Å². The molecule has 0 radical (unpaired) electrons. The van der Waals surface area contributed by atoms with Crippen LogP contribution in [0.15, 0.2) is 23.4 Å². The topological polar surface area (TPSA) is 75.9 Å². The Labute approximate surface area is 67.3 Å². The van der Waals surface area contributed by atoms with Gasteiger partial charge in [0.15, 0.2) is 0 Å². The van der Waals surface area contributed by atoms with Gasteiger partial charge in [-0.05, 0) is 29.8 Å². The lowest BCUT2D eigenvalue weighted by atomic mass is 10.1. The molecule has 0 atom stereocenters. The number of nitrogens with one attached hydrogen (secondary N) is 1. The molecule has 0 aromatic carbocycles. The molecule has 0 aliphatic rings. The van der Waals surface area contributed by atoms with E-state index in [9.17, 15) is 0 Å². The fraction of sp³-hybridized carbons (Fsp3) is 0.375. The minimum absolute atomic E-state index is 0.400. The average molecular weight is 153 g/mol. The number of hydrogen-bond acceptors (Lipinski definition) is 3. The highest BCUT2D eigenvalue weighted by molar-refractivity contribution is 5.78. The second-order valence-electron chi connectivity index (χ2n) is 2.11. The summed E-state index contributed by atoms with van der Waals surface area (Å²) in [5, 5.41) is 7.03. The van der Waals surface area contributed by atoms with Crippen molar-refractivity contribution < 1.29 is 0 Å². The van der Waals surface area contributed by atoms with Crippen molar-refractivity contribution in [1.29, 1.82) is 5.41 Å². The van der Waals surface area contributed by atoms with Crippen LogP contribution in [-0.2, 0) is 0 Å². The van der Waals surface area contributed by atoms with Crippen LogP contribution in [-0.4, -0.2) is 12.8 Å². The standard InChI is InChI=1S/C8H15N3/c1-2-7(3-4-9)8(5-10)6-11/h3-5,10H,2,6,9,11H2,1H3/b4-3+,8-7-,10-5?. The van der Waals surface area contributed by atoms with Gasteiger partial charge < -0.3 is 16.9 Å². The Bertz CT molecular complexity index is 180. The van der Waals surface area contributed by atoms with Gasteiger partial charge in [-0.2, -0.15) is 0 Å². The zero-order valence-electron chi connectivity index (χ0n) is 6.80. The van der Waals surface area contributed by atoms with Gasteiger partial charge in [-0.15, -0.1) is 0 Å². The first-order chi connectivity index (χ1) is 5.29. The van der Waals surface area contributed by atoms with Crippen molar-refractivity contribution in [2.45, 2.75) is 13.3 Å². The summed E-state index contributed by atoms with van der Waals surface area (Å²) in [6.45, 7) is 2.41. The molecule has 0 aliphatic carbocycles. The van der Waals surface area contributed by atoms with E-state index in [-0.39, 0.29) is 0 Å². The van der Waals surface area contributed by atoms with E-state index in [0.29, 0.717) is 6.54 Å². The predicted molar refractivity (Wildman–Crippen MR) is 48.5 cm³/mol. The van der Waals surface area contributed by atoms with Crippen LogP contribution in [0.25, 0.3) is 0 Å². The maximum absolute atomic E-state index is 7.03. The van der Waals surface area contributed by atoms with Crippen LogP contribution in [0.3, 0.4) is 0 Å². The Hall–Kier alpha value is -1.09. The van der Waals surface area contributed by atoms with Crippen molar-refractivity contribution >= 4 is 6.21 Å². The molecule has 0 aliphatic heterocycles. The molecule has 0 aromatic rings. The van der Waals surface area contributed by atoms with Crippen LogP contribution in [0.2, 0.25) is 0 Å². The van der Waals surface area contributed by atoms with Crippen LogP contribution in [0.1, 0.15) is 13.3 Å². The van der Waals surface area contributed by atoms with Crippen molar-refractivity contribution in [2.24, 2.45) is 11.5 Å². The molecule has 3 heteroatoms. The monoisotopic (exact) mass is 153 g/mol. The first kappa shape index (κ1) is 9.91. The van der Waals surface area contributed by atoms with Gasteiger partial charge in [-0.25, -0.2) is 0 Å². The van der Waals surface area contributed by atoms with Gasteiger partial charge in [0, 0.05) is 12.8 Å². The first-order valence-corrected chi connectivity index (χ1v) is 3.61. The highest BCUT2D eigenvalue weighted by atomic mass is 14.5. The van der Waals surface area contributed by atoms with Crippen molar-refractivity contribution in [3.05, 3.63) is 23.4 Å². The van der Waals surface area contributed by atoms with Crippen molar-refractivity contribution in [3.8, 4) is 0 Å². The summed E-state index contributed by atoms with van der Waals surface area (Å²) < 4.78 is 0. The smallest absolute Gasteiger partial charge is 0.0225 e. The number of rotatable bonds is 4. The molecule has 0 saturated carbocycles. The lowest BCUT2D eigenvalue weighted by Gasteiger charge is -2.02. The third-order valence-corrected chi connectivity index (χ3v) is 1.48. The van der Waals surface area contributed by atoms with Gasteiger partial charge in [0.1, 0.15) is 0 Å². The molecule has 0 unspecified atom stereocenters. The van der Waals surface area contributed by atoms with Gasteiger partial charge >= 0.3 is 0 Å². The van der Waals surface area contributed by atoms with Crippen LogP contribution in [0.5, 0.6) is 0 Å². The highest BCUT2D eigenvalue weighted by Gasteiger charge is 1.95. The zero-order valence-corrected chi connectivity index (χ0v) is 6.80. The second-order valence-corrected chi connectivity index (χ2v) is 2.11. The zero-order chi connectivity index (χ0) is 8.69. The van der Waals surface area contributed by atoms with Gasteiger partial charge in [0.05, 0.1) is 0 Å². The highest BCUT2D eigenvalue weighted by Crippen LogP contribution is 2.06. The summed E-state index contributed by atoms with van der Waals surface area (Å²) in [5.74, 6) is 0. The van der Waals surface area contributed by atoms with E-state index in [1.165, 1.54) is 12.4 Å². The van der Waals surface area contributed by atoms with Gasteiger partial charge in [0.25, 0.3) is 0 Å². The molecule has 3 nitrogen and oxygen atoms in total. The third kappa shape index (κ3) is 3.00. The molecule has 0 saturated heterocycles. The summed E-state index contributed by atoms with van der Waals surface area (Å²) in [6, 6.07) is 0. The summed E-state index contributed by atoms with van der Waals surface area (Å²) in [7, 11) is 0. The normalized spacial score (nSPS) is 13.3. The molecular weight excluding hydrogens is 138 g/mol. The average Bonchev–Trinajstić information content (AvgIpc) is 2.05. The molecule has 11 heavy (non-hydrogen) atoms. The molecular formula is C8H15N3. The van der Waals surface area contributed by atoms with E-state index in [1.54, 1.807) is 6.08 Å². The maximum atomic E-state index is 7.03. The number of allylic oxidation sites excluding steroid dienone is 2. The molecule has 0 heterocycles. The Morgan fingerprint density at radius 3 is 2.36 bits per heavy atom. The Morgan fingerprint density at radius 2 is 2.09 bits per heavy atom. The van der Waals surface area contributed by atoms with Gasteiger partial charge in [-0.3, -0.25) is 0 Å². The number of nitrogens with two attached hydrogens (primary N) is 2. The molecule has 5 N–H and O–H groups in total. The van der Waals surface area contributed by atoms with E-state index in [2.05, 4.69) is 0 Å². The fourth-order valence-corrected chi connectivity index (χ4v) is 0.851. The summed E-state index contributed by atoms with van der Waals surface area (Å²) in [6.07, 6.45) is 5.39. The molecule has 62 valence electrons. The van der Waals surface area contributed by atoms with Crippen molar-refractivity contribution in [2.75, 3.05) is 6.54 Å². The third-order valence-electron chi connectivity index (χ3n) is 1.48. The second kappa shape index (κ2) is 5.68. The van der Waals surface area contributed by atoms with E-state index < -0.39 is 0 Å². The summed E-state index contributed by atoms with van der Waals surface area (Å²) in [5.41, 5.74) is 12.5. The summed E-state index contributed by atoms with van der Waals surface area (Å²) >= 11 is 0. The SMILES string of the molecule is CCC(/C=C/N)=C(\C=N)CN. The molecule has 0 amide bonds. The minimum atomic E-state index is 0.400. The maximum Gasteiger partial charge on any atom is 0.0225 e. The Kier molecular flexibility index (Phi) is 5.11. The molecule has 0 bridgehead atoms. The quantitative estimate of drug-likeness (QED) is 0.412. The van der Waals surface area contributed by atoms with E-state index in [0.717, 1.165) is 17.6 Å². The lowest BCUT2D eigenvalue weighted by Crippen LogP contribution is -2.06. The predicted octanol–water partition coefficient (Wildman–Crippen LogP) is 0.774. The van der Waals surface area contributed by atoms with Gasteiger partial charge in [0.2, 0.25) is 0 Å². The number of hydrogen-bond donors (Lipinski definition) is 3. The Balaban J connectivity index is 4.61. The lowest BCUT2D eigenvalue weighted by molar-refractivity contribution is 1.08. The van der Waals surface area contributed by atoms with Crippen molar-refractivity contribution in [1.82, 2.24) is 0 Å². The van der Waals surface area contributed by atoms with E-state index in [1.807, 2.05) is 6.92 Å². The van der Waals surface area contributed by atoms with Gasteiger partial charge in [-0.1, -0.05) is 6.92 Å². The Morgan fingerprint density at radius 1 is 1.45 bits per heavy atom. The summed E-state index contributed by atoms with van der Waals surface area (Å²) in [4.78, 5) is 0. The molecule has 0 fully saturated rings. The molecule has 0 spiro atoms. The molecule has 0 rings (SSSR count).